The fraction of sp³-hybridized carbons (Fsp3) is 0.316. The van der Waals surface area contributed by atoms with Crippen LogP contribution in [0.4, 0.5) is 0 Å². The lowest BCUT2D eigenvalue weighted by Gasteiger charge is -2.19. The van der Waals surface area contributed by atoms with Crippen molar-refractivity contribution in [3.8, 4) is 23.0 Å². The minimum atomic E-state index is -0.175. The highest BCUT2D eigenvalue weighted by Gasteiger charge is 2.19. The van der Waals surface area contributed by atoms with Gasteiger partial charge in [0.2, 0.25) is 6.79 Å². The Labute approximate surface area is 157 Å². The lowest BCUT2D eigenvalue weighted by molar-refractivity contribution is 0.0784. The number of carbonyl (C=O) groups excluding carboxylic acids is 1. The van der Waals surface area contributed by atoms with Gasteiger partial charge in [0.1, 0.15) is 0 Å². The zero-order valence-electron chi connectivity index (χ0n) is 14.9. The van der Waals surface area contributed by atoms with E-state index in [-0.39, 0.29) is 12.7 Å². The molecule has 0 fully saturated rings. The van der Waals surface area contributed by atoms with Gasteiger partial charge in [0.25, 0.3) is 5.91 Å². The number of rotatable bonds is 6. The zero-order chi connectivity index (χ0) is 18.7. The van der Waals surface area contributed by atoms with Crippen LogP contribution in [0.3, 0.4) is 0 Å². The molecule has 0 unspecified atom stereocenters. The van der Waals surface area contributed by atoms with Crippen LogP contribution in [-0.2, 0) is 6.54 Å². The molecule has 2 aromatic carbocycles. The molecule has 0 N–H and O–H groups in total. The van der Waals surface area contributed by atoms with Gasteiger partial charge in [0.05, 0.1) is 18.7 Å². The van der Waals surface area contributed by atoms with Gasteiger partial charge in [-0.05, 0) is 36.8 Å². The first-order chi connectivity index (χ1) is 12.5. The summed E-state index contributed by atoms with van der Waals surface area (Å²) in [5.74, 6) is 2.09. The molecule has 0 spiro atoms. The van der Waals surface area contributed by atoms with Crippen LogP contribution < -0.4 is 18.9 Å². The van der Waals surface area contributed by atoms with Crippen molar-refractivity contribution < 1.29 is 23.7 Å². The fourth-order valence-electron chi connectivity index (χ4n) is 2.73. The second-order valence-corrected chi connectivity index (χ2v) is 6.18. The molecule has 138 valence electrons. The van der Waals surface area contributed by atoms with Crippen LogP contribution in [0, 0.1) is 0 Å². The highest BCUT2D eigenvalue weighted by Crippen LogP contribution is 2.37. The normalized spacial score (nSPS) is 12.0. The Bertz CT molecular complexity index is 824. The van der Waals surface area contributed by atoms with Crippen molar-refractivity contribution in [3.05, 3.63) is 46.5 Å². The van der Waals surface area contributed by atoms with Crippen molar-refractivity contribution in [2.45, 2.75) is 13.5 Å². The van der Waals surface area contributed by atoms with E-state index in [1.165, 1.54) is 7.11 Å². The molecule has 1 aliphatic heterocycles. The third-order valence-electron chi connectivity index (χ3n) is 3.97. The van der Waals surface area contributed by atoms with Gasteiger partial charge in [-0.3, -0.25) is 4.79 Å². The molecule has 26 heavy (non-hydrogen) atoms. The summed E-state index contributed by atoms with van der Waals surface area (Å²) in [5.41, 5.74) is 1.37. The number of halogens is 1. The molecule has 0 aliphatic carbocycles. The number of hydrogen-bond donors (Lipinski definition) is 0. The Morgan fingerprint density at radius 3 is 2.73 bits per heavy atom. The average Bonchev–Trinajstić information content (AvgIpc) is 3.10. The van der Waals surface area contributed by atoms with Crippen LogP contribution in [0.25, 0.3) is 0 Å². The van der Waals surface area contributed by atoms with E-state index in [2.05, 4.69) is 0 Å². The number of amides is 1. The van der Waals surface area contributed by atoms with E-state index in [0.717, 1.165) is 5.56 Å². The SMILES string of the molecule is CCOc1c(Cl)cc(C(=O)N(C)Cc2ccc3c(c2)OCO3)cc1OC. The van der Waals surface area contributed by atoms with Crippen LogP contribution in [0.5, 0.6) is 23.0 Å². The van der Waals surface area contributed by atoms with Crippen molar-refractivity contribution in [1.82, 2.24) is 4.90 Å². The molecule has 1 amide bonds. The van der Waals surface area contributed by atoms with E-state index >= 15 is 0 Å². The molecule has 0 saturated heterocycles. The van der Waals surface area contributed by atoms with Gasteiger partial charge >= 0.3 is 0 Å². The van der Waals surface area contributed by atoms with Crippen LogP contribution in [0.2, 0.25) is 5.02 Å². The minimum absolute atomic E-state index is 0.175. The average molecular weight is 378 g/mol. The lowest BCUT2D eigenvalue weighted by atomic mass is 10.1. The summed E-state index contributed by atoms with van der Waals surface area (Å²) in [6.07, 6.45) is 0. The quantitative estimate of drug-likeness (QED) is 0.767. The first-order valence-corrected chi connectivity index (χ1v) is 8.55. The standard InChI is InChI=1S/C19H20ClNO5/c1-4-24-18-14(20)8-13(9-17(18)23-3)19(22)21(2)10-12-5-6-15-16(7-12)26-11-25-15/h5-9H,4,10-11H2,1-3H3. The minimum Gasteiger partial charge on any atom is -0.493 e. The summed E-state index contributed by atoms with van der Waals surface area (Å²) in [5, 5.41) is 0.339. The number of carbonyl (C=O) groups is 1. The molecule has 1 aliphatic rings. The molecule has 0 atom stereocenters. The molecule has 0 bridgehead atoms. The predicted octanol–water partition coefficient (Wildman–Crippen LogP) is 3.75. The number of hydrogen-bond acceptors (Lipinski definition) is 5. The highest BCUT2D eigenvalue weighted by molar-refractivity contribution is 6.32. The van der Waals surface area contributed by atoms with Gasteiger partial charge in [-0.1, -0.05) is 17.7 Å². The van der Waals surface area contributed by atoms with Crippen LogP contribution in [0.1, 0.15) is 22.8 Å². The van der Waals surface area contributed by atoms with Crippen molar-refractivity contribution in [2.24, 2.45) is 0 Å². The van der Waals surface area contributed by atoms with Gasteiger partial charge < -0.3 is 23.8 Å². The molecule has 0 aromatic heterocycles. The van der Waals surface area contributed by atoms with Crippen molar-refractivity contribution in [2.75, 3.05) is 27.6 Å². The van der Waals surface area contributed by atoms with Gasteiger partial charge in [0, 0.05) is 19.2 Å². The largest absolute Gasteiger partial charge is 0.493 e. The summed E-state index contributed by atoms with van der Waals surface area (Å²) in [6.45, 7) is 2.95. The molecular weight excluding hydrogens is 358 g/mol. The Kier molecular flexibility index (Phi) is 5.42. The first-order valence-electron chi connectivity index (χ1n) is 8.17. The van der Waals surface area contributed by atoms with E-state index in [1.807, 2.05) is 25.1 Å². The monoisotopic (exact) mass is 377 g/mol. The molecule has 7 heteroatoms. The number of nitrogens with zero attached hydrogens (tertiary/aromatic N) is 1. The predicted molar refractivity (Wildman–Crippen MR) is 97.5 cm³/mol. The maximum Gasteiger partial charge on any atom is 0.254 e. The van der Waals surface area contributed by atoms with Crippen molar-refractivity contribution in [1.29, 1.82) is 0 Å². The smallest absolute Gasteiger partial charge is 0.254 e. The fourth-order valence-corrected chi connectivity index (χ4v) is 3.00. The Balaban J connectivity index is 1.79. The third kappa shape index (κ3) is 3.65. The van der Waals surface area contributed by atoms with Crippen LogP contribution in [0.15, 0.2) is 30.3 Å². The molecular formula is C19H20ClNO5. The number of methoxy groups -OCH3 is 1. The summed E-state index contributed by atoms with van der Waals surface area (Å²) < 4.78 is 21.5. The molecule has 2 aromatic rings. The zero-order valence-corrected chi connectivity index (χ0v) is 15.6. The van der Waals surface area contributed by atoms with Crippen LogP contribution >= 0.6 is 11.6 Å². The van der Waals surface area contributed by atoms with Gasteiger partial charge in [-0.15, -0.1) is 0 Å². The number of fused-ring (bicyclic) bond motifs is 1. The van der Waals surface area contributed by atoms with Crippen molar-refractivity contribution >= 4 is 17.5 Å². The Morgan fingerprint density at radius 2 is 2.00 bits per heavy atom. The summed E-state index contributed by atoms with van der Waals surface area (Å²) in [4.78, 5) is 14.4. The lowest BCUT2D eigenvalue weighted by Crippen LogP contribution is -2.26. The van der Waals surface area contributed by atoms with Gasteiger partial charge in [-0.2, -0.15) is 0 Å². The van der Waals surface area contributed by atoms with E-state index in [9.17, 15) is 4.79 Å². The second kappa shape index (κ2) is 7.74. The topological polar surface area (TPSA) is 57.2 Å². The molecule has 0 saturated carbocycles. The molecule has 0 radical (unpaired) electrons. The van der Waals surface area contributed by atoms with Gasteiger partial charge in [0.15, 0.2) is 23.0 Å². The number of benzene rings is 2. The Morgan fingerprint density at radius 1 is 1.23 bits per heavy atom. The summed E-state index contributed by atoms with van der Waals surface area (Å²) >= 11 is 6.26. The number of ether oxygens (including phenoxy) is 4. The second-order valence-electron chi connectivity index (χ2n) is 5.77. The third-order valence-corrected chi connectivity index (χ3v) is 4.25. The van der Waals surface area contributed by atoms with E-state index in [0.29, 0.717) is 46.7 Å². The van der Waals surface area contributed by atoms with E-state index < -0.39 is 0 Å². The van der Waals surface area contributed by atoms with E-state index in [1.54, 1.807) is 24.1 Å². The maximum atomic E-state index is 12.8. The maximum absolute atomic E-state index is 12.8. The first kappa shape index (κ1) is 18.2. The summed E-state index contributed by atoms with van der Waals surface area (Å²) in [7, 11) is 3.24. The van der Waals surface area contributed by atoms with E-state index in [4.69, 9.17) is 30.5 Å². The molecule has 1 heterocycles. The van der Waals surface area contributed by atoms with Crippen LogP contribution in [-0.4, -0.2) is 38.4 Å². The Hall–Kier alpha value is -2.60. The highest BCUT2D eigenvalue weighted by atomic mass is 35.5. The van der Waals surface area contributed by atoms with Crippen molar-refractivity contribution in [3.63, 3.8) is 0 Å². The molecule has 3 rings (SSSR count). The molecule has 6 nitrogen and oxygen atoms in total. The van der Waals surface area contributed by atoms with Gasteiger partial charge in [-0.25, -0.2) is 0 Å². The summed E-state index contributed by atoms with van der Waals surface area (Å²) in [6, 6.07) is 8.84.